The zero-order chi connectivity index (χ0) is 48.7. The van der Waals surface area contributed by atoms with Gasteiger partial charge in [-0.15, -0.1) is 0 Å². The minimum atomic E-state index is -4.69. The van der Waals surface area contributed by atoms with E-state index < -0.39 is 20.0 Å². The summed E-state index contributed by atoms with van der Waals surface area (Å²) in [6.45, 7) is 6.81. The number of hydrogen-bond donors (Lipinski definition) is 1. The Balaban J connectivity index is 5.35. The molecule has 0 aliphatic rings. The zero-order valence-electron chi connectivity index (χ0n) is 44.2. The van der Waals surface area contributed by atoms with Crippen LogP contribution in [-0.4, -0.2) is 69.4 Å². The molecule has 66 heavy (non-hydrogen) atoms. The van der Waals surface area contributed by atoms with E-state index in [-0.39, 0.29) is 31.5 Å². The molecule has 0 saturated heterocycles. The lowest BCUT2D eigenvalue weighted by Crippen LogP contribution is -2.47. The Hall–Kier alpha value is -1.77. The molecule has 9 nitrogen and oxygen atoms in total. The second-order valence-corrected chi connectivity index (χ2v) is 21.5. The Bertz CT molecular complexity index is 1230. The average molecular weight is 951 g/mol. The van der Waals surface area contributed by atoms with E-state index >= 15 is 0 Å². The number of ether oxygens (including phenoxy) is 1. The monoisotopic (exact) mass is 951 g/mol. The molecule has 10 heteroatoms. The number of esters is 1. The SMILES string of the molecule is CCCCC/C=C\C/C=C\CCCCCCCCCC(=O)OC(/C=C/CCCCCCCCCCCC)C(COP(=O)([O-])OCC[N+](C)(C)C)NC(=O)CCCCCCCCCCCCC. The van der Waals surface area contributed by atoms with Gasteiger partial charge in [-0.3, -0.25) is 14.2 Å². The fourth-order valence-corrected chi connectivity index (χ4v) is 8.69. The normalized spacial score (nSPS) is 14.1. The first-order chi connectivity index (χ1) is 31.9. The molecular weight excluding hydrogens is 844 g/mol. The molecule has 1 N–H and O–H groups in total. The van der Waals surface area contributed by atoms with Crippen molar-refractivity contribution in [3.05, 3.63) is 36.5 Å². The number of nitrogens with one attached hydrogen (secondary N) is 1. The summed E-state index contributed by atoms with van der Waals surface area (Å²) in [5, 5.41) is 3.01. The minimum absolute atomic E-state index is 0.0218. The molecular formula is C56H107N2O7P. The summed E-state index contributed by atoms with van der Waals surface area (Å²) in [4.78, 5) is 39.7. The predicted octanol–water partition coefficient (Wildman–Crippen LogP) is 15.8. The molecule has 0 heterocycles. The van der Waals surface area contributed by atoms with Gasteiger partial charge >= 0.3 is 5.97 Å². The van der Waals surface area contributed by atoms with Gasteiger partial charge in [0.25, 0.3) is 7.82 Å². The van der Waals surface area contributed by atoms with Crippen molar-refractivity contribution in [1.82, 2.24) is 5.32 Å². The van der Waals surface area contributed by atoms with Crippen molar-refractivity contribution >= 4 is 19.7 Å². The molecule has 0 saturated carbocycles. The lowest BCUT2D eigenvalue weighted by atomic mass is 10.0. The first kappa shape index (κ1) is 64.2. The number of carbonyl (C=O) groups excluding carboxylic acids is 2. The number of carbonyl (C=O) groups is 2. The fourth-order valence-electron chi connectivity index (χ4n) is 7.96. The summed E-state index contributed by atoms with van der Waals surface area (Å²) in [6, 6.07) is -0.885. The van der Waals surface area contributed by atoms with Crippen molar-refractivity contribution in [2.45, 2.75) is 270 Å². The van der Waals surface area contributed by atoms with Crippen LogP contribution in [0, 0.1) is 0 Å². The predicted molar refractivity (Wildman–Crippen MR) is 279 cm³/mol. The van der Waals surface area contributed by atoms with E-state index in [0.717, 1.165) is 77.0 Å². The molecule has 0 aliphatic heterocycles. The number of phosphoric acid groups is 1. The maximum Gasteiger partial charge on any atom is 0.306 e. The summed E-state index contributed by atoms with van der Waals surface area (Å²) < 4.78 is 30.2. The van der Waals surface area contributed by atoms with E-state index in [1.165, 1.54) is 148 Å². The third kappa shape index (κ3) is 47.3. The number of likely N-dealkylation sites (N-methyl/N-ethyl adjacent to an activating group) is 1. The lowest BCUT2D eigenvalue weighted by Gasteiger charge is -2.30. The van der Waals surface area contributed by atoms with Crippen LogP contribution in [0.3, 0.4) is 0 Å². The topological polar surface area (TPSA) is 114 Å². The molecule has 0 aliphatic carbocycles. The molecule has 0 radical (unpaired) electrons. The third-order valence-corrected chi connectivity index (χ3v) is 13.3. The molecule has 0 spiro atoms. The Labute approximate surface area is 408 Å². The molecule has 3 atom stereocenters. The van der Waals surface area contributed by atoms with Gasteiger partial charge in [-0.25, -0.2) is 0 Å². The summed E-state index contributed by atoms with van der Waals surface area (Å²) in [5.41, 5.74) is 0. The Morgan fingerprint density at radius 1 is 0.530 bits per heavy atom. The molecule has 388 valence electrons. The van der Waals surface area contributed by atoms with Crippen LogP contribution in [0.15, 0.2) is 36.5 Å². The Morgan fingerprint density at radius 3 is 1.39 bits per heavy atom. The molecule has 0 rings (SSSR count). The van der Waals surface area contributed by atoms with Gasteiger partial charge in [-0.2, -0.15) is 0 Å². The van der Waals surface area contributed by atoms with Gasteiger partial charge < -0.3 is 28.5 Å². The maximum absolute atomic E-state index is 13.4. The van der Waals surface area contributed by atoms with E-state index in [0.29, 0.717) is 17.4 Å². The van der Waals surface area contributed by atoms with E-state index in [1.807, 2.05) is 33.3 Å². The van der Waals surface area contributed by atoms with Crippen molar-refractivity contribution in [3.8, 4) is 0 Å². The number of hydrogen-bond acceptors (Lipinski definition) is 7. The van der Waals surface area contributed by atoms with Gasteiger partial charge in [0, 0.05) is 12.8 Å². The highest BCUT2D eigenvalue weighted by Gasteiger charge is 2.27. The largest absolute Gasteiger partial charge is 0.756 e. The molecule has 0 aromatic heterocycles. The first-order valence-electron chi connectivity index (χ1n) is 27.8. The average Bonchev–Trinajstić information content (AvgIpc) is 3.27. The van der Waals surface area contributed by atoms with Crippen LogP contribution >= 0.6 is 7.82 Å². The van der Waals surface area contributed by atoms with E-state index in [4.69, 9.17) is 13.8 Å². The van der Waals surface area contributed by atoms with Crippen LogP contribution in [0.25, 0.3) is 0 Å². The number of phosphoric ester groups is 1. The summed E-state index contributed by atoms with van der Waals surface area (Å²) in [6.07, 6.45) is 53.8. The van der Waals surface area contributed by atoms with Crippen LogP contribution < -0.4 is 10.2 Å². The van der Waals surface area contributed by atoms with E-state index in [1.54, 1.807) is 0 Å². The Morgan fingerprint density at radius 2 is 0.924 bits per heavy atom. The summed E-state index contributed by atoms with van der Waals surface area (Å²) in [5.74, 6) is -0.544. The third-order valence-electron chi connectivity index (χ3n) is 12.3. The van der Waals surface area contributed by atoms with Gasteiger partial charge in [-0.05, 0) is 63.9 Å². The van der Waals surface area contributed by atoms with Crippen LogP contribution in [0.1, 0.15) is 258 Å². The fraction of sp³-hybridized carbons (Fsp3) is 0.857. The first-order valence-corrected chi connectivity index (χ1v) is 29.3. The summed E-state index contributed by atoms with van der Waals surface area (Å²) in [7, 11) is 1.19. The van der Waals surface area contributed by atoms with Gasteiger partial charge in [0.1, 0.15) is 19.3 Å². The standard InChI is InChI=1S/C56H107N2O7P/c1-7-10-13-16-19-22-25-27-28-29-30-31-34-37-40-43-46-49-56(60)65-54(47-44-41-38-35-33-26-23-20-17-14-11-8-2)53(52-64-66(61,62)63-51-50-58(4,5)6)57-55(59)48-45-42-39-36-32-24-21-18-15-12-9-3/h19,22,27-28,44,47,53-54H,7-18,20-21,23-26,29-43,45-46,48-52H2,1-6H3,(H-,57,59,61,62)/b22-19-,28-27-,47-44+. The highest BCUT2D eigenvalue weighted by Crippen LogP contribution is 2.38. The molecule has 0 aromatic carbocycles. The summed E-state index contributed by atoms with van der Waals surface area (Å²) >= 11 is 0. The molecule has 0 fully saturated rings. The second-order valence-electron chi connectivity index (χ2n) is 20.1. The van der Waals surface area contributed by atoms with Crippen molar-refractivity contribution < 1.29 is 37.3 Å². The lowest BCUT2D eigenvalue weighted by molar-refractivity contribution is -0.870. The van der Waals surface area contributed by atoms with Crippen LogP contribution in [0.2, 0.25) is 0 Å². The van der Waals surface area contributed by atoms with Crippen molar-refractivity contribution in [1.29, 1.82) is 0 Å². The number of quaternary nitrogens is 1. The Kier molecular flexibility index (Phi) is 45.7. The van der Waals surface area contributed by atoms with E-state index in [9.17, 15) is 19.0 Å². The number of rotatable bonds is 50. The number of amides is 1. The van der Waals surface area contributed by atoms with Crippen molar-refractivity contribution in [2.24, 2.45) is 0 Å². The number of nitrogens with zero attached hydrogens (tertiary/aromatic N) is 1. The highest BCUT2D eigenvalue weighted by molar-refractivity contribution is 7.45. The van der Waals surface area contributed by atoms with Crippen molar-refractivity contribution in [3.63, 3.8) is 0 Å². The van der Waals surface area contributed by atoms with Crippen LogP contribution in [0.5, 0.6) is 0 Å². The molecule has 0 aromatic rings. The van der Waals surface area contributed by atoms with E-state index in [2.05, 4.69) is 50.4 Å². The van der Waals surface area contributed by atoms with Crippen LogP contribution in [0.4, 0.5) is 0 Å². The minimum Gasteiger partial charge on any atom is -0.756 e. The molecule has 3 unspecified atom stereocenters. The van der Waals surface area contributed by atoms with Gasteiger partial charge in [0.15, 0.2) is 0 Å². The van der Waals surface area contributed by atoms with Gasteiger partial charge in [0.05, 0.1) is 33.8 Å². The zero-order valence-corrected chi connectivity index (χ0v) is 45.0. The van der Waals surface area contributed by atoms with Gasteiger partial charge in [-0.1, -0.05) is 218 Å². The highest BCUT2D eigenvalue weighted by atomic mass is 31.2. The molecule has 1 amide bonds. The number of allylic oxidation sites excluding steroid dienone is 5. The second kappa shape index (κ2) is 46.9. The van der Waals surface area contributed by atoms with Crippen LogP contribution in [-0.2, 0) is 27.9 Å². The van der Waals surface area contributed by atoms with Crippen molar-refractivity contribution in [2.75, 3.05) is 40.9 Å². The quantitative estimate of drug-likeness (QED) is 0.0212. The smallest absolute Gasteiger partial charge is 0.306 e. The number of unbranched alkanes of at least 4 members (excludes halogenated alkanes) is 30. The van der Waals surface area contributed by atoms with Gasteiger partial charge in [0.2, 0.25) is 5.91 Å². The molecule has 0 bridgehead atoms. The maximum atomic E-state index is 13.4.